The number of ether oxygens (including phenoxy) is 2. The Bertz CT molecular complexity index is 310. The predicted molar refractivity (Wildman–Crippen MR) is 51.0 cm³/mol. The van der Waals surface area contributed by atoms with E-state index in [9.17, 15) is 0 Å². The van der Waals surface area contributed by atoms with Crippen LogP contribution in [0, 0.1) is 0 Å². The molecule has 0 bridgehead atoms. The fourth-order valence-corrected chi connectivity index (χ4v) is 1.70. The van der Waals surface area contributed by atoms with Crippen LogP contribution in [0.1, 0.15) is 23.4 Å². The van der Waals surface area contributed by atoms with Crippen molar-refractivity contribution in [3.05, 3.63) is 29.3 Å². The molecule has 0 aliphatic carbocycles. The Morgan fingerprint density at radius 1 is 1.46 bits per heavy atom. The number of halogens is 1. The van der Waals surface area contributed by atoms with Gasteiger partial charge in [-0.05, 0) is 18.6 Å². The van der Waals surface area contributed by atoms with E-state index in [4.69, 9.17) is 21.1 Å². The van der Waals surface area contributed by atoms with Gasteiger partial charge in [-0.15, -0.1) is 11.6 Å². The van der Waals surface area contributed by atoms with Crippen LogP contribution >= 0.6 is 11.6 Å². The smallest absolute Gasteiger partial charge is 0.189 e. The second kappa shape index (κ2) is 3.56. The molecule has 0 radical (unpaired) electrons. The molecule has 0 saturated carbocycles. The zero-order valence-electron chi connectivity index (χ0n) is 7.42. The topological polar surface area (TPSA) is 18.5 Å². The maximum absolute atomic E-state index is 6.03. The number of hydrogen-bond acceptors (Lipinski definition) is 2. The Morgan fingerprint density at radius 2 is 2.31 bits per heavy atom. The minimum absolute atomic E-state index is 0.000231. The summed E-state index contributed by atoms with van der Waals surface area (Å²) in [7, 11) is 0. The normalized spacial score (nSPS) is 17.4. The monoisotopic (exact) mass is 198 g/mol. The first kappa shape index (κ1) is 8.85. The van der Waals surface area contributed by atoms with E-state index in [-0.39, 0.29) is 5.38 Å². The summed E-state index contributed by atoms with van der Waals surface area (Å²) >= 11 is 6.03. The van der Waals surface area contributed by atoms with E-state index < -0.39 is 0 Å². The van der Waals surface area contributed by atoms with Crippen molar-refractivity contribution in [2.75, 3.05) is 6.79 Å². The highest BCUT2D eigenvalue weighted by Crippen LogP contribution is 2.32. The quantitative estimate of drug-likeness (QED) is 0.646. The van der Waals surface area contributed by atoms with Gasteiger partial charge in [0, 0.05) is 5.56 Å². The molecule has 1 unspecified atom stereocenters. The average molecular weight is 199 g/mol. The van der Waals surface area contributed by atoms with Gasteiger partial charge in [0.1, 0.15) is 5.75 Å². The molecule has 3 heteroatoms. The number of fused-ring (bicyclic) bond motifs is 1. The van der Waals surface area contributed by atoms with Crippen LogP contribution in [-0.2, 0) is 11.3 Å². The van der Waals surface area contributed by atoms with Crippen LogP contribution in [-0.4, -0.2) is 6.79 Å². The maximum Gasteiger partial charge on any atom is 0.189 e. The second-order valence-electron chi connectivity index (χ2n) is 3.05. The van der Waals surface area contributed by atoms with Gasteiger partial charge >= 0.3 is 0 Å². The van der Waals surface area contributed by atoms with Crippen molar-refractivity contribution in [1.82, 2.24) is 0 Å². The molecule has 0 saturated heterocycles. The van der Waals surface area contributed by atoms with E-state index in [1.54, 1.807) is 0 Å². The third kappa shape index (κ3) is 1.64. The summed E-state index contributed by atoms with van der Waals surface area (Å²) in [6.45, 7) is 2.89. The molecule has 1 aromatic carbocycles. The van der Waals surface area contributed by atoms with Crippen LogP contribution in [0.3, 0.4) is 0 Å². The van der Waals surface area contributed by atoms with Gasteiger partial charge < -0.3 is 9.47 Å². The van der Waals surface area contributed by atoms with Gasteiger partial charge in [0.25, 0.3) is 0 Å². The van der Waals surface area contributed by atoms with Gasteiger partial charge in [-0.3, -0.25) is 0 Å². The Morgan fingerprint density at radius 3 is 3.08 bits per heavy atom. The van der Waals surface area contributed by atoms with Crippen molar-refractivity contribution < 1.29 is 9.47 Å². The van der Waals surface area contributed by atoms with E-state index in [0.717, 1.165) is 16.9 Å². The van der Waals surface area contributed by atoms with Crippen molar-refractivity contribution in [2.45, 2.75) is 18.9 Å². The third-order valence-corrected chi connectivity index (χ3v) is 2.38. The molecule has 2 nitrogen and oxygen atoms in total. The summed E-state index contributed by atoms with van der Waals surface area (Å²) in [6, 6.07) is 5.91. The molecular formula is C10H11ClO2. The Hall–Kier alpha value is -0.730. The number of hydrogen-bond donors (Lipinski definition) is 0. The number of rotatable bonds is 1. The summed E-state index contributed by atoms with van der Waals surface area (Å²) in [6.07, 6.45) is 0. The van der Waals surface area contributed by atoms with E-state index in [2.05, 4.69) is 0 Å². The summed E-state index contributed by atoms with van der Waals surface area (Å²) in [4.78, 5) is 0. The van der Waals surface area contributed by atoms with Crippen LogP contribution in [0.5, 0.6) is 5.75 Å². The van der Waals surface area contributed by atoms with Gasteiger partial charge in [0.2, 0.25) is 0 Å². The fourth-order valence-electron chi connectivity index (χ4n) is 1.49. The molecule has 2 rings (SSSR count). The lowest BCUT2D eigenvalue weighted by Crippen LogP contribution is -2.13. The largest absolute Gasteiger partial charge is 0.467 e. The second-order valence-corrected chi connectivity index (χ2v) is 3.71. The molecule has 0 fully saturated rings. The molecule has 1 heterocycles. The molecule has 0 aromatic heterocycles. The number of alkyl halides is 1. The summed E-state index contributed by atoms with van der Waals surface area (Å²) < 4.78 is 10.5. The van der Waals surface area contributed by atoms with Crippen molar-refractivity contribution >= 4 is 11.6 Å². The number of benzene rings is 1. The zero-order valence-corrected chi connectivity index (χ0v) is 8.17. The minimum Gasteiger partial charge on any atom is -0.467 e. The Balaban J connectivity index is 2.46. The molecular weight excluding hydrogens is 188 g/mol. The van der Waals surface area contributed by atoms with Crippen molar-refractivity contribution in [2.24, 2.45) is 0 Å². The highest BCUT2D eigenvalue weighted by Gasteiger charge is 2.16. The first-order chi connectivity index (χ1) is 6.29. The van der Waals surface area contributed by atoms with E-state index in [1.165, 1.54) is 0 Å². The molecule has 1 aromatic rings. The SMILES string of the molecule is CC(Cl)c1cccc2c1COCO2. The Kier molecular flexibility index (Phi) is 2.42. The summed E-state index contributed by atoms with van der Waals surface area (Å²) in [5.41, 5.74) is 2.18. The lowest BCUT2D eigenvalue weighted by molar-refractivity contribution is -0.0168. The van der Waals surface area contributed by atoms with Crippen molar-refractivity contribution in [3.63, 3.8) is 0 Å². The van der Waals surface area contributed by atoms with Crippen LogP contribution in [0.4, 0.5) is 0 Å². The summed E-state index contributed by atoms with van der Waals surface area (Å²) in [5.74, 6) is 0.899. The van der Waals surface area contributed by atoms with Crippen molar-refractivity contribution in [1.29, 1.82) is 0 Å². The summed E-state index contributed by atoms with van der Waals surface area (Å²) in [5, 5.41) is 0.000231. The lowest BCUT2D eigenvalue weighted by atomic mass is 10.0. The first-order valence-corrected chi connectivity index (χ1v) is 4.69. The van der Waals surface area contributed by atoms with Gasteiger partial charge in [-0.2, -0.15) is 0 Å². The molecule has 1 atom stereocenters. The van der Waals surface area contributed by atoms with Gasteiger partial charge in [-0.1, -0.05) is 12.1 Å². The highest BCUT2D eigenvalue weighted by molar-refractivity contribution is 6.20. The van der Waals surface area contributed by atoms with Gasteiger partial charge in [-0.25, -0.2) is 0 Å². The average Bonchev–Trinajstić information content (AvgIpc) is 2.17. The fraction of sp³-hybridized carbons (Fsp3) is 0.400. The first-order valence-electron chi connectivity index (χ1n) is 4.25. The molecule has 0 spiro atoms. The van der Waals surface area contributed by atoms with Crippen LogP contribution in [0.25, 0.3) is 0 Å². The molecule has 0 N–H and O–H groups in total. The van der Waals surface area contributed by atoms with E-state index in [1.807, 2.05) is 25.1 Å². The van der Waals surface area contributed by atoms with E-state index >= 15 is 0 Å². The highest BCUT2D eigenvalue weighted by atomic mass is 35.5. The van der Waals surface area contributed by atoms with Crippen LogP contribution < -0.4 is 4.74 Å². The van der Waals surface area contributed by atoms with Gasteiger partial charge in [0.05, 0.1) is 12.0 Å². The van der Waals surface area contributed by atoms with Crippen LogP contribution in [0.15, 0.2) is 18.2 Å². The third-order valence-electron chi connectivity index (χ3n) is 2.14. The maximum atomic E-state index is 6.03. The van der Waals surface area contributed by atoms with Gasteiger partial charge in [0.15, 0.2) is 6.79 Å². The predicted octanol–water partition coefficient (Wildman–Crippen LogP) is 2.85. The zero-order chi connectivity index (χ0) is 9.26. The molecule has 70 valence electrons. The standard InChI is InChI=1S/C10H11ClO2/c1-7(11)8-3-2-4-10-9(8)5-12-6-13-10/h2-4,7H,5-6H2,1H3. The Labute approximate surface area is 82.4 Å². The van der Waals surface area contributed by atoms with E-state index in [0.29, 0.717) is 13.4 Å². The molecule has 1 aliphatic heterocycles. The van der Waals surface area contributed by atoms with Crippen LogP contribution in [0.2, 0.25) is 0 Å². The molecule has 0 amide bonds. The molecule has 13 heavy (non-hydrogen) atoms. The van der Waals surface area contributed by atoms with Crippen molar-refractivity contribution in [3.8, 4) is 5.75 Å². The minimum atomic E-state index is 0.000231. The lowest BCUT2D eigenvalue weighted by Gasteiger charge is -2.21. The molecule has 1 aliphatic rings.